The molecule has 2 aliphatic carbocycles. The van der Waals surface area contributed by atoms with Crippen LogP contribution in [0.2, 0.25) is 0 Å². The molecule has 0 saturated heterocycles. The molecule has 1 aromatic carbocycles. The number of allylic oxidation sites excluding steroid dienone is 3. The first kappa shape index (κ1) is 17.7. The summed E-state index contributed by atoms with van der Waals surface area (Å²) < 4.78 is 7.14. The predicted molar refractivity (Wildman–Crippen MR) is 108 cm³/mol. The molecular weight excluding hydrogens is 342 g/mol. The fraction of sp³-hybridized carbons (Fsp3) is 0.476. The van der Waals surface area contributed by atoms with Crippen molar-refractivity contribution in [3.05, 3.63) is 48.3 Å². The Balaban J connectivity index is 1.27. The van der Waals surface area contributed by atoms with E-state index in [2.05, 4.69) is 34.2 Å². The molecule has 2 aliphatic rings. The minimum absolute atomic E-state index is 0.608. The van der Waals surface area contributed by atoms with Crippen LogP contribution in [0.5, 0.6) is 5.19 Å². The van der Waals surface area contributed by atoms with Crippen molar-refractivity contribution < 1.29 is 4.74 Å². The smallest absolute Gasteiger partial charge is 0.279 e. The number of hydrogen-bond donors (Lipinski definition) is 1. The van der Waals surface area contributed by atoms with Crippen molar-refractivity contribution >= 4 is 21.6 Å². The van der Waals surface area contributed by atoms with E-state index in [1.54, 1.807) is 11.3 Å². The van der Waals surface area contributed by atoms with Gasteiger partial charge in [0.25, 0.3) is 5.19 Å². The Morgan fingerprint density at radius 3 is 2.85 bits per heavy atom. The van der Waals surface area contributed by atoms with Gasteiger partial charge in [0, 0.05) is 6.04 Å². The molecule has 2 aromatic rings. The van der Waals surface area contributed by atoms with Gasteiger partial charge in [0.2, 0.25) is 0 Å². The topological polar surface area (TPSA) is 51.4 Å². The third-order valence-electron chi connectivity index (χ3n) is 5.13. The monoisotopic (exact) mass is 369 g/mol. The van der Waals surface area contributed by atoms with Gasteiger partial charge in [0.1, 0.15) is 5.76 Å². The number of nitrogens with two attached hydrogens (primary N) is 1. The molecule has 1 unspecified atom stereocenters. The van der Waals surface area contributed by atoms with Crippen molar-refractivity contribution in [3.8, 4) is 5.19 Å². The van der Waals surface area contributed by atoms with Crippen molar-refractivity contribution in [1.82, 2.24) is 9.88 Å². The van der Waals surface area contributed by atoms with Crippen LogP contribution in [0.4, 0.5) is 0 Å². The van der Waals surface area contributed by atoms with E-state index in [4.69, 9.17) is 10.5 Å². The second-order valence-electron chi connectivity index (χ2n) is 7.21. The lowest BCUT2D eigenvalue weighted by molar-refractivity contribution is 0.247. The van der Waals surface area contributed by atoms with Crippen LogP contribution in [0.1, 0.15) is 32.1 Å². The standard InChI is InChI=1S/C21H27N3OS/c22-13-3-14-24(17-8-9-17)15-12-16-6-10-18(11-7-16)25-21-23-19-4-1-2-5-20(19)26-21/h1-2,4-6,10-11,16-17H,3,7-9,12-15,22H2. The van der Waals surface area contributed by atoms with Crippen LogP contribution in [0.25, 0.3) is 10.2 Å². The lowest BCUT2D eigenvalue weighted by atomic mass is 9.96. The Labute approximate surface area is 159 Å². The van der Waals surface area contributed by atoms with Gasteiger partial charge >= 0.3 is 0 Å². The van der Waals surface area contributed by atoms with E-state index in [9.17, 15) is 0 Å². The highest BCUT2D eigenvalue weighted by molar-refractivity contribution is 7.20. The first-order valence-corrected chi connectivity index (χ1v) is 10.5. The third kappa shape index (κ3) is 4.53. The van der Waals surface area contributed by atoms with Crippen molar-refractivity contribution in [2.75, 3.05) is 19.6 Å². The zero-order valence-electron chi connectivity index (χ0n) is 15.1. The number of hydrogen-bond acceptors (Lipinski definition) is 5. The number of fused-ring (bicyclic) bond motifs is 1. The highest BCUT2D eigenvalue weighted by Crippen LogP contribution is 2.31. The van der Waals surface area contributed by atoms with Gasteiger partial charge in [-0.05, 0) is 81.9 Å². The van der Waals surface area contributed by atoms with Gasteiger partial charge in [-0.25, -0.2) is 4.98 Å². The number of thiazole rings is 1. The maximum atomic E-state index is 5.97. The fourth-order valence-corrected chi connectivity index (χ4v) is 4.31. The van der Waals surface area contributed by atoms with Crippen molar-refractivity contribution in [1.29, 1.82) is 0 Å². The largest absolute Gasteiger partial charge is 0.431 e. The molecule has 4 rings (SSSR count). The highest BCUT2D eigenvalue weighted by Gasteiger charge is 2.28. The lowest BCUT2D eigenvalue weighted by Crippen LogP contribution is -2.30. The molecule has 4 nitrogen and oxygen atoms in total. The Morgan fingerprint density at radius 2 is 2.12 bits per heavy atom. The Kier molecular flexibility index (Phi) is 5.68. The van der Waals surface area contributed by atoms with Gasteiger partial charge in [-0.15, -0.1) is 0 Å². The van der Waals surface area contributed by atoms with Crippen LogP contribution in [0, 0.1) is 5.92 Å². The number of nitrogens with zero attached hydrogens (tertiary/aromatic N) is 2. The predicted octanol–water partition coefficient (Wildman–Crippen LogP) is 4.34. The van der Waals surface area contributed by atoms with E-state index >= 15 is 0 Å². The molecule has 0 spiro atoms. The highest BCUT2D eigenvalue weighted by atomic mass is 32.1. The third-order valence-corrected chi connectivity index (χ3v) is 6.05. The molecule has 1 saturated carbocycles. The van der Waals surface area contributed by atoms with Crippen molar-refractivity contribution in [2.45, 2.75) is 38.1 Å². The van der Waals surface area contributed by atoms with Crippen molar-refractivity contribution in [3.63, 3.8) is 0 Å². The summed E-state index contributed by atoms with van der Waals surface area (Å²) in [5.74, 6) is 1.53. The Morgan fingerprint density at radius 1 is 1.23 bits per heavy atom. The number of aromatic nitrogens is 1. The van der Waals surface area contributed by atoms with E-state index in [1.807, 2.05) is 18.2 Å². The second kappa shape index (κ2) is 8.33. The Bertz CT molecular complexity index is 760. The molecule has 2 N–H and O–H groups in total. The summed E-state index contributed by atoms with van der Waals surface area (Å²) >= 11 is 1.60. The number of rotatable bonds is 9. The molecule has 138 valence electrons. The summed E-state index contributed by atoms with van der Waals surface area (Å²) in [5.41, 5.74) is 6.68. The minimum Gasteiger partial charge on any atom is -0.431 e. The van der Waals surface area contributed by atoms with Crippen LogP contribution >= 0.6 is 11.3 Å². The maximum Gasteiger partial charge on any atom is 0.279 e. The Hall–Kier alpha value is -1.69. The normalized spacial score (nSPS) is 19.9. The summed E-state index contributed by atoms with van der Waals surface area (Å²) in [6, 6.07) is 8.97. The first-order chi connectivity index (χ1) is 12.8. The van der Waals surface area contributed by atoms with Gasteiger partial charge in [0.15, 0.2) is 0 Å². The van der Waals surface area contributed by atoms with Gasteiger partial charge in [0.05, 0.1) is 10.2 Å². The summed E-state index contributed by atoms with van der Waals surface area (Å²) in [6.45, 7) is 3.13. The average Bonchev–Trinajstić information content (AvgIpc) is 3.42. The number of benzene rings is 1. The van der Waals surface area contributed by atoms with Crippen LogP contribution in [-0.2, 0) is 0 Å². The molecule has 26 heavy (non-hydrogen) atoms. The molecular formula is C21H27N3OS. The lowest BCUT2D eigenvalue weighted by Gasteiger charge is -2.24. The minimum atomic E-state index is 0.608. The van der Waals surface area contributed by atoms with Crippen LogP contribution < -0.4 is 10.5 Å². The summed E-state index contributed by atoms with van der Waals surface area (Å²) in [7, 11) is 0. The summed E-state index contributed by atoms with van der Waals surface area (Å²) in [5, 5.41) is 0.724. The van der Waals surface area contributed by atoms with E-state index in [1.165, 1.54) is 30.5 Å². The fourth-order valence-electron chi connectivity index (χ4n) is 3.47. The maximum absolute atomic E-state index is 5.97. The molecule has 1 heterocycles. The van der Waals surface area contributed by atoms with Crippen LogP contribution in [0.15, 0.2) is 48.3 Å². The molecule has 0 aliphatic heterocycles. The zero-order chi connectivity index (χ0) is 17.8. The molecule has 5 heteroatoms. The van der Waals surface area contributed by atoms with E-state index in [0.717, 1.165) is 48.4 Å². The molecule has 1 aromatic heterocycles. The van der Waals surface area contributed by atoms with Crippen LogP contribution in [-0.4, -0.2) is 35.6 Å². The van der Waals surface area contributed by atoms with Gasteiger partial charge in [-0.2, -0.15) is 0 Å². The van der Waals surface area contributed by atoms with Crippen LogP contribution in [0.3, 0.4) is 0 Å². The molecule has 1 fully saturated rings. The molecule has 0 radical (unpaired) electrons. The van der Waals surface area contributed by atoms with Gasteiger partial charge in [-0.3, -0.25) is 0 Å². The molecule has 1 atom stereocenters. The molecule has 0 amide bonds. The quantitative estimate of drug-likeness (QED) is 0.714. The van der Waals surface area contributed by atoms with E-state index < -0.39 is 0 Å². The SMILES string of the molecule is NCCCN(CCC1C=CC(Oc2nc3ccccc3s2)=CC1)C1CC1. The van der Waals surface area contributed by atoms with Crippen molar-refractivity contribution in [2.24, 2.45) is 11.7 Å². The number of ether oxygens (including phenoxy) is 1. The second-order valence-corrected chi connectivity index (χ2v) is 8.20. The van der Waals surface area contributed by atoms with Gasteiger partial charge < -0.3 is 15.4 Å². The number of para-hydroxylation sites is 1. The first-order valence-electron chi connectivity index (χ1n) is 9.68. The summed E-state index contributed by atoms with van der Waals surface area (Å²) in [6.07, 6.45) is 12.7. The van der Waals surface area contributed by atoms with E-state index in [-0.39, 0.29) is 0 Å². The van der Waals surface area contributed by atoms with E-state index in [0.29, 0.717) is 5.92 Å². The average molecular weight is 370 g/mol. The molecule has 0 bridgehead atoms. The zero-order valence-corrected chi connectivity index (χ0v) is 16.0. The summed E-state index contributed by atoms with van der Waals surface area (Å²) in [4.78, 5) is 7.18. The van der Waals surface area contributed by atoms with Gasteiger partial charge in [-0.1, -0.05) is 29.5 Å².